The molecular weight excluding hydrogens is 1310 g/mol. The number of hydrogen-bond donors (Lipinski definition) is 14. The molecule has 0 spiro atoms. The molecule has 26 nitrogen and oxygen atoms in total. The Morgan fingerprint density at radius 2 is 0.816 bits per heavy atom. The van der Waals surface area contributed by atoms with E-state index in [1.165, 1.54) is 23.5 Å². The molecule has 2 aliphatic rings. The van der Waals surface area contributed by atoms with Crippen LogP contribution < -0.4 is 31.9 Å². The number of carboxylic acids is 2. The van der Waals surface area contributed by atoms with Gasteiger partial charge in [0.15, 0.2) is 0 Å². The number of benzene rings is 6. The number of hydrogen-bond acceptors (Lipinski definition) is 20. The van der Waals surface area contributed by atoms with Crippen LogP contribution in [0.5, 0.6) is 0 Å². The van der Waals surface area contributed by atoms with Gasteiger partial charge in [0.1, 0.15) is 24.4 Å². The molecule has 0 aliphatic carbocycles. The smallest absolute Gasteiger partial charge is 0.364 e. The molecule has 8 rings (SSSR count). The van der Waals surface area contributed by atoms with E-state index in [2.05, 4.69) is 31.9 Å². The van der Waals surface area contributed by atoms with Gasteiger partial charge in [-0.05, 0) is 93.8 Å². The number of thioether (sulfide) groups is 2. The van der Waals surface area contributed by atoms with Gasteiger partial charge in [0.25, 0.3) is 35.2 Å². The number of amides is 6. The van der Waals surface area contributed by atoms with E-state index in [-0.39, 0.29) is 50.3 Å². The number of rotatable bonds is 34. The van der Waals surface area contributed by atoms with Crippen LogP contribution in [0.3, 0.4) is 0 Å². The summed E-state index contributed by atoms with van der Waals surface area (Å²) in [5.74, 6) is -9.73. The second-order valence-electron chi connectivity index (χ2n) is 23.5. The van der Waals surface area contributed by atoms with Crippen molar-refractivity contribution in [3.05, 3.63) is 168 Å². The third-order valence-corrected chi connectivity index (χ3v) is 18.6. The fourth-order valence-corrected chi connectivity index (χ4v) is 13.0. The molecule has 28 heteroatoms. The molecule has 98 heavy (non-hydrogen) atoms. The fraction of sp³-hybridized carbons (Fsp3) is 0.400. The van der Waals surface area contributed by atoms with Crippen LogP contribution in [0.2, 0.25) is 0 Å². The fourth-order valence-electron chi connectivity index (χ4n) is 11.4. The summed E-state index contributed by atoms with van der Waals surface area (Å²) in [6.07, 6.45) is -14.8. The van der Waals surface area contributed by atoms with Crippen LogP contribution in [0, 0.1) is 0 Å². The van der Waals surface area contributed by atoms with E-state index in [0.29, 0.717) is 44.9 Å². The minimum absolute atomic E-state index is 0.192. The Morgan fingerprint density at radius 1 is 0.469 bits per heavy atom. The van der Waals surface area contributed by atoms with Gasteiger partial charge in [0, 0.05) is 86.6 Å². The van der Waals surface area contributed by atoms with Gasteiger partial charge in [-0.1, -0.05) is 109 Å². The van der Waals surface area contributed by atoms with Crippen LogP contribution in [-0.2, 0) is 38.1 Å². The predicted octanol–water partition coefficient (Wildman–Crippen LogP) is 3.09. The highest BCUT2D eigenvalue weighted by molar-refractivity contribution is 7.99. The molecule has 0 saturated carbocycles. The first-order chi connectivity index (χ1) is 47.0. The van der Waals surface area contributed by atoms with Gasteiger partial charge in [0.05, 0.1) is 49.7 Å². The van der Waals surface area contributed by atoms with Gasteiger partial charge in [0.2, 0.25) is 11.8 Å². The summed E-state index contributed by atoms with van der Waals surface area (Å²) in [6, 6.07) is 39.7. The number of fused-ring (bicyclic) bond motifs is 1. The number of aliphatic carboxylic acids is 2. The lowest BCUT2D eigenvalue weighted by atomic mass is 9.88. The summed E-state index contributed by atoms with van der Waals surface area (Å²) in [5, 5.41) is 105. The highest BCUT2D eigenvalue weighted by Crippen LogP contribution is 2.36. The van der Waals surface area contributed by atoms with Crippen molar-refractivity contribution in [2.24, 2.45) is 0 Å². The second-order valence-corrected chi connectivity index (χ2v) is 26.0. The summed E-state index contributed by atoms with van der Waals surface area (Å²) in [6.45, 7) is 1.36. The van der Waals surface area contributed by atoms with Crippen LogP contribution in [-0.4, -0.2) is 223 Å². The van der Waals surface area contributed by atoms with Crippen molar-refractivity contribution in [2.45, 2.75) is 112 Å². The Labute approximate surface area is 573 Å². The average Bonchev–Trinajstić information content (AvgIpc) is 0.780. The Hall–Kier alpha value is -8.36. The Morgan fingerprint density at radius 3 is 1.16 bits per heavy atom. The Kier molecular flexibility index (Phi) is 27.7. The SMILES string of the molecule is CC(=O)N[C@H]1[C@H]([C@H](O)[C@H](O)CNC(=O)c2ccc(-c3ccccc3)cc2)O[C@@](OCCCSCCNC(=O)c2ccc(C(=O)NCCSCCCO[C@]3(C(=O)O)C[C@H](O)[C@@H](NC(C)=O)[C@H]([C@H](O)[C@H](O)CNC(=O)c4ccc(-c5ccccc5)cc4)O3)c3ccccc23)(C(=O)O)C[C@@H]1O. The zero-order valence-corrected chi connectivity index (χ0v) is 55.5. The Balaban J connectivity index is 0.743. The molecule has 2 heterocycles. The maximum absolute atomic E-state index is 13.5. The number of nitrogens with one attached hydrogen (secondary N) is 6. The van der Waals surface area contributed by atoms with Crippen LogP contribution >= 0.6 is 23.5 Å². The molecule has 2 fully saturated rings. The zero-order valence-electron chi connectivity index (χ0n) is 53.8. The van der Waals surface area contributed by atoms with Crippen LogP contribution in [0.1, 0.15) is 81.0 Å². The number of aliphatic hydroxyl groups is 6. The number of carbonyl (C=O) groups excluding carboxylic acids is 6. The van der Waals surface area contributed by atoms with E-state index in [1.54, 1.807) is 84.9 Å². The molecule has 6 aromatic carbocycles. The van der Waals surface area contributed by atoms with E-state index in [9.17, 15) is 79.2 Å². The largest absolute Gasteiger partial charge is 0.477 e. The van der Waals surface area contributed by atoms with Gasteiger partial charge < -0.3 is 91.7 Å². The Bertz CT molecular complexity index is 3460. The predicted molar refractivity (Wildman–Crippen MR) is 364 cm³/mol. The summed E-state index contributed by atoms with van der Waals surface area (Å²) < 4.78 is 23.3. The lowest BCUT2D eigenvalue weighted by molar-refractivity contribution is -0.310. The molecule has 0 unspecified atom stereocenters. The highest BCUT2D eigenvalue weighted by atomic mass is 32.2. The number of ether oxygens (including phenoxy) is 4. The van der Waals surface area contributed by atoms with Crippen molar-refractivity contribution in [1.29, 1.82) is 0 Å². The topological polar surface area (TPSA) is 408 Å². The van der Waals surface area contributed by atoms with Gasteiger partial charge in [-0.2, -0.15) is 23.5 Å². The molecular formula is C70H82N6O20S2. The molecule has 0 aromatic heterocycles. The summed E-state index contributed by atoms with van der Waals surface area (Å²) in [7, 11) is 0. The first-order valence-corrected chi connectivity index (χ1v) is 34.2. The molecule has 2 aliphatic heterocycles. The lowest BCUT2D eigenvalue weighted by Gasteiger charge is -2.46. The number of carbonyl (C=O) groups is 8. The van der Waals surface area contributed by atoms with E-state index in [1.807, 2.05) is 60.7 Å². The molecule has 2 saturated heterocycles. The standard InChI is InChI=1S/C70H82N6O20S2/c1-41(77)75-57-53(79)37-69(67(89)90,95-61(57)59(83)55(81)39-73-63(85)47-23-19-45(20-24-47)43-13-5-3-6-14-43)93-31-11-33-97-35-29-71-65(87)51-27-28-52(50-18-10-9-17-49(50)51)66(88)72-30-36-98-34-12-32-94-70(68(91)92)38-54(80)58(76-42(2)78)62(96-70)60(84)56(82)40-74-64(86)48-25-21-46(22-26-48)44-15-7-4-8-16-44/h3-10,13-28,53-62,79-84H,11-12,29-40H2,1-2H3,(H,71,87)(H,72,88)(H,73,85)(H,74,86)(H,75,77)(H,76,78)(H,89,90)(H,91,92)/t53-,54-,55+,56+,57+,58+,59+,60+,61+,62+,69+,70+/m0/s1. The van der Waals surface area contributed by atoms with E-state index in [0.717, 1.165) is 36.1 Å². The summed E-state index contributed by atoms with van der Waals surface area (Å²) in [5.41, 5.74) is 4.81. The van der Waals surface area contributed by atoms with Gasteiger partial charge in [-0.15, -0.1) is 0 Å². The monoisotopic (exact) mass is 1390 g/mol. The van der Waals surface area contributed by atoms with Gasteiger partial charge in [-0.3, -0.25) is 28.8 Å². The van der Waals surface area contributed by atoms with Crippen molar-refractivity contribution in [1.82, 2.24) is 31.9 Å². The molecule has 12 atom stereocenters. The molecule has 524 valence electrons. The van der Waals surface area contributed by atoms with Crippen molar-refractivity contribution in [2.75, 3.05) is 62.4 Å². The molecule has 6 aromatic rings. The third kappa shape index (κ3) is 19.9. The van der Waals surface area contributed by atoms with E-state index >= 15 is 0 Å². The summed E-state index contributed by atoms with van der Waals surface area (Å²) >= 11 is 2.85. The van der Waals surface area contributed by atoms with E-state index in [4.69, 9.17) is 18.9 Å². The minimum atomic E-state index is -2.50. The normalized spacial score (nSPS) is 21.9. The van der Waals surface area contributed by atoms with Crippen molar-refractivity contribution >= 4 is 81.7 Å². The molecule has 6 amide bonds. The summed E-state index contributed by atoms with van der Waals surface area (Å²) in [4.78, 5) is 103. The first-order valence-electron chi connectivity index (χ1n) is 31.8. The maximum atomic E-state index is 13.5. The quantitative estimate of drug-likeness (QED) is 0.0258. The van der Waals surface area contributed by atoms with Crippen LogP contribution in [0.4, 0.5) is 0 Å². The average molecular weight is 1390 g/mol. The number of aliphatic hydroxyl groups excluding tert-OH is 6. The van der Waals surface area contributed by atoms with Crippen LogP contribution in [0.25, 0.3) is 33.0 Å². The second kappa shape index (κ2) is 35.9. The van der Waals surface area contributed by atoms with Crippen molar-refractivity contribution in [3.8, 4) is 22.3 Å². The third-order valence-electron chi connectivity index (χ3n) is 16.5. The minimum Gasteiger partial charge on any atom is -0.477 e. The zero-order chi connectivity index (χ0) is 70.5. The lowest BCUT2D eigenvalue weighted by Crippen LogP contribution is -2.68. The van der Waals surface area contributed by atoms with Crippen molar-refractivity contribution in [3.63, 3.8) is 0 Å². The molecule has 0 bridgehead atoms. The van der Waals surface area contributed by atoms with Crippen molar-refractivity contribution < 1.29 is 98.2 Å². The van der Waals surface area contributed by atoms with Crippen LogP contribution in [0.15, 0.2) is 146 Å². The first kappa shape index (κ1) is 75.4. The van der Waals surface area contributed by atoms with Gasteiger partial charge in [-0.25, -0.2) is 9.59 Å². The van der Waals surface area contributed by atoms with E-state index < -0.39 is 146 Å². The number of carboxylic acid groups (broad SMARTS) is 2. The van der Waals surface area contributed by atoms with Gasteiger partial charge >= 0.3 is 11.9 Å². The highest BCUT2D eigenvalue weighted by Gasteiger charge is 2.57. The molecule has 0 radical (unpaired) electrons. The molecule has 14 N–H and O–H groups in total. The maximum Gasteiger partial charge on any atom is 0.364 e.